The average molecular weight is 194 g/mol. The number of hydrogen-bond acceptors (Lipinski definition) is 4. The zero-order valence-corrected chi connectivity index (χ0v) is 8.42. The van der Waals surface area contributed by atoms with Crippen LogP contribution in [-0.4, -0.2) is 37.8 Å². The minimum atomic E-state index is 0.154. The number of thiol groups is 1. The molecule has 1 rings (SSSR count). The van der Waals surface area contributed by atoms with E-state index in [1.165, 1.54) is 0 Å². The van der Waals surface area contributed by atoms with Crippen LogP contribution < -0.4 is 0 Å². The fourth-order valence-corrected chi connectivity index (χ4v) is 2.47. The van der Waals surface area contributed by atoms with Gasteiger partial charge >= 0.3 is 0 Å². The molecular weight excluding hydrogens is 180 g/mol. The maximum atomic E-state index is 5.24. The van der Waals surface area contributed by atoms with Crippen molar-refractivity contribution >= 4 is 24.4 Å². The molecule has 0 unspecified atom stereocenters. The number of thioether (sulfide) groups is 1. The monoisotopic (exact) mass is 194 g/mol. The van der Waals surface area contributed by atoms with E-state index in [1.807, 2.05) is 11.8 Å². The van der Waals surface area contributed by atoms with Crippen LogP contribution in [-0.2, 0) is 9.47 Å². The van der Waals surface area contributed by atoms with Crippen molar-refractivity contribution in [2.24, 2.45) is 5.41 Å². The highest BCUT2D eigenvalue weighted by atomic mass is 32.2. The largest absolute Gasteiger partial charge is 0.355 e. The smallest absolute Gasteiger partial charge is 0.146 e. The standard InChI is InChI=1S/C7H14O2S2/c1-11-5-7(4-10)2-8-6-9-3-7/h10H,2-6H2,1H3. The lowest BCUT2D eigenvalue weighted by Gasteiger charge is -2.34. The van der Waals surface area contributed by atoms with E-state index < -0.39 is 0 Å². The number of ether oxygens (including phenoxy) is 2. The molecule has 4 heteroatoms. The third-order valence-electron chi connectivity index (χ3n) is 1.77. The lowest BCUT2D eigenvalue weighted by atomic mass is 9.95. The molecule has 0 bridgehead atoms. The van der Waals surface area contributed by atoms with Crippen molar-refractivity contribution in [3.63, 3.8) is 0 Å². The second-order valence-electron chi connectivity index (χ2n) is 2.91. The van der Waals surface area contributed by atoms with Crippen molar-refractivity contribution in [3.8, 4) is 0 Å². The SMILES string of the molecule is CSCC1(CS)COCOC1. The van der Waals surface area contributed by atoms with E-state index in [0.29, 0.717) is 6.79 Å². The molecule has 66 valence electrons. The molecule has 0 atom stereocenters. The summed E-state index contributed by atoms with van der Waals surface area (Å²) in [5.41, 5.74) is 0.154. The lowest BCUT2D eigenvalue weighted by Crippen LogP contribution is -2.41. The van der Waals surface area contributed by atoms with Gasteiger partial charge in [0.1, 0.15) is 6.79 Å². The Labute approximate surface area is 77.4 Å². The molecule has 1 fully saturated rings. The summed E-state index contributed by atoms with van der Waals surface area (Å²) in [6.07, 6.45) is 2.10. The predicted molar refractivity (Wildman–Crippen MR) is 51.4 cm³/mol. The normalized spacial score (nSPS) is 23.5. The minimum Gasteiger partial charge on any atom is -0.355 e. The van der Waals surface area contributed by atoms with Crippen LogP contribution in [0, 0.1) is 5.41 Å². The molecule has 0 aromatic heterocycles. The third kappa shape index (κ3) is 2.54. The van der Waals surface area contributed by atoms with Gasteiger partial charge in [-0.25, -0.2) is 0 Å². The van der Waals surface area contributed by atoms with Crippen molar-refractivity contribution < 1.29 is 9.47 Å². The molecule has 2 nitrogen and oxygen atoms in total. The van der Waals surface area contributed by atoms with Crippen molar-refractivity contribution in [2.75, 3.05) is 37.8 Å². The summed E-state index contributed by atoms with van der Waals surface area (Å²) in [6, 6.07) is 0. The Hall–Kier alpha value is 0.620. The summed E-state index contributed by atoms with van der Waals surface area (Å²) in [5, 5.41) is 0. The van der Waals surface area contributed by atoms with Gasteiger partial charge < -0.3 is 9.47 Å². The van der Waals surface area contributed by atoms with E-state index >= 15 is 0 Å². The van der Waals surface area contributed by atoms with Crippen molar-refractivity contribution in [1.29, 1.82) is 0 Å². The van der Waals surface area contributed by atoms with Gasteiger partial charge in [0.2, 0.25) is 0 Å². The summed E-state index contributed by atoms with van der Waals surface area (Å²) >= 11 is 6.13. The quantitative estimate of drug-likeness (QED) is 0.683. The molecule has 1 saturated heterocycles. The van der Waals surface area contributed by atoms with Gasteiger partial charge in [-0.15, -0.1) is 0 Å². The Bertz CT molecular complexity index is 107. The van der Waals surface area contributed by atoms with Gasteiger partial charge in [0.15, 0.2) is 0 Å². The van der Waals surface area contributed by atoms with Gasteiger partial charge in [-0.3, -0.25) is 0 Å². The van der Waals surface area contributed by atoms with E-state index in [1.54, 1.807) is 0 Å². The van der Waals surface area contributed by atoms with Crippen LogP contribution >= 0.6 is 24.4 Å². The van der Waals surface area contributed by atoms with Crippen LogP contribution in [0.4, 0.5) is 0 Å². The fraction of sp³-hybridized carbons (Fsp3) is 1.00. The number of rotatable bonds is 3. The summed E-state index contributed by atoms with van der Waals surface area (Å²) < 4.78 is 10.5. The fourth-order valence-electron chi connectivity index (χ4n) is 1.14. The molecule has 11 heavy (non-hydrogen) atoms. The maximum Gasteiger partial charge on any atom is 0.146 e. The summed E-state index contributed by atoms with van der Waals surface area (Å²) in [4.78, 5) is 0. The third-order valence-corrected chi connectivity index (χ3v) is 3.34. The maximum absolute atomic E-state index is 5.24. The van der Waals surface area contributed by atoms with Crippen LogP contribution in [0.3, 0.4) is 0 Å². The first-order chi connectivity index (χ1) is 5.33. The van der Waals surface area contributed by atoms with Crippen molar-refractivity contribution in [3.05, 3.63) is 0 Å². The predicted octanol–water partition coefficient (Wildman–Crippen LogP) is 1.27. The van der Waals surface area contributed by atoms with E-state index in [-0.39, 0.29) is 5.41 Å². The van der Waals surface area contributed by atoms with E-state index in [4.69, 9.17) is 9.47 Å². The minimum absolute atomic E-state index is 0.154. The second kappa shape index (κ2) is 4.60. The molecule has 0 N–H and O–H groups in total. The highest BCUT2D eigenvalue weighted by Gasteiger charge is 2.31. The molecule has 1 aliphatic heterocycles. The van der Waals surface area contributed by atoms with Crippen molar-refractivity contribution in [1.82, 2.24) is 0 Å². The Morgan fingerprint density at radius 1 is 1.45 bits per heavy atom. The van der Waals surface area contributed by atoms with Gasteiger partial charge in [-0.1, -0.05) is 0 Å². The summed E-state index contributed by atoms with van der Waals surface area (Å²) in [6.45, 7) is 2.03. The van der Waals surface area contributed by atoms with Crippen LogP contribution in [0.15, 0.2) is 0 Å². The second-order valence-corrected chi connectivity index (χ2v) is 4.09. The summed E-state index contributed by atoms with van der Waals surface area (Å²) in [7, 11) is 0. The highest BCUT2D eigenvalue weighted by Crippen LogP contribution is 2.27. The van der Waals surface area contributed by atoms with Crippen LogP contribution in [0.25, 0.3) is 0 Å². The molecule has 1 heterocycles. The topological polar surface area (TPSA) is 18.5 Å². The Kier molecular flexibility index (Phi) is 4.06. The average Bonchev–Trinajstić information content (AvgIpc) is 2.07. The molecule has 0 radical (unpaired) electrons. The first kappa shape index (κ1) is 9.71. The first-order valence-corrected chi connectivity index (χ1v) is 5.61. The Balaban J connectivity index is 2.42. The van der Waals surface area contributed by atoms with Crippen molar-refractivity contribution in [2.45, 2.75) is 0 Å². The van der Waals surface area contributed by atoms with Gasteiger partial charge in [0.05, 0.1) is 13.2 Å². The highest BCUT2D eigenvalue weighted by molar-refractivity contribution is 7.98. The zero-order chi connectivity index (χ0) is 8.16. The van der Waals surface area contributed by atoms with E-state index in [9.17, 15) is 0 Å². The Morgan fingerprint density at radius 2 is 2.09 bits per heavy atom. The molecule has 1 aliphatic rings. The molecular formula is C7H14O2S2. The van der Waals surface area contributed by atoms with E-state index in [0.717, 1.165) is 24.7 Å². The van der Waals surface area contributed by atoms with Gasteiger partial charge in [0, 0.05) is 16.9 Å². The number of hydrogen-bond donors (Lipinski definition) is 1. The first-order valence-electron chi connectivity index (χ1n) is 3.58. The lowest BCUT2D eigenvalue weighted by molar-refractivity contribution is -0.150. The molecule has 0 spiro atoms. The van der Waals surface area contributed by atoms with Crippen LogP contribution in [0.1, 0.15) is 0 Å². The van der Waals surface area contributed by atoms with E-state index in [2.05, 4.69) is 18.9 Å². The van der Waals surface area contributed by atoms with Gasteiger partial charge in [-0.2, -0.15) is 24.4 Å². The zero-order valence-electron chi connectivity index (χ0n) is 6.71. The molecule has 0 amide bonds. The molecule has 0 aliphatic carbocycles. The van der Waals surface area contributed by atoms with Crippen LogP contribution in [0.2, 0.25) is 0 Å². The van der Waals surface area contributed by atoms with Gasteiger partial charge in [0.25, 0.3) is 0 Å². The molecule has 0 aromatic rings. The molecule has 0 aromatic carbocycles. The van der Waals surface area contributed by atoms with Gasteiger partial charge in [-0.05, 0) is 6.26 Å². The summed E-state index contributed by atoms with van der Waals surface area (Å²) in [5.74, 6) is 1.91. The van der Waals surface area contributed by atoms with Crippen LogP contribution in [0.5, 0.6) is 0 Å². The Morgan fingerprint density at radius 3 is 2.55 bits per heavy atom. The molecule has 0 saturated carbocycles.